The van der Waals surface area contributed by atoms with E-state index in [1.54, 1.807) is 31.6 Å². The number of amides is 1. The largest absolute Gasteiger partial charge is 0.497 e. The predicted molar refractivity (Wildman–Crippen MR) is 101 cm³/mol. The van der Waals surface area contributed by atoms with Gasteiger partial charge in [0.2, 0.25) is 5.95 Å². The summed E-state index contributed by atoms with van der Waals surface area (Å²) in [6.45, 7) is 2.04. The van der Waals surface area contributed by atoms with E-state index in [-0.39, 0.29) is 17.6 Å². The molecule has 27 heavy (non-hydrogen) atoms. The number of nitrogens with one attached hydrogen (secondary N) is 1. The van der Waals surface area contributed by atoms with E-state index in [2.05, 4.69) is 15.3 Å². The Hall–Kier alpha value is -2.67. The maximum atomic E-state index is 12.8. The third-order valence-electron chi connectivity index (χ3n) is 5.39. The van der Waals surface area contributed by atoms with Crippen LogP contribution in [0.1, 0.15) is 29.6 Å². The van der Waals surface area contributed by atoms with Crippen molar-refractivity contribution >= 4 is 11.9 Å². The van der Waals surface area contributed by atoms with Gasteiger partial charge in [0.05, 0.1) is 25.4 Å². The molecule has 3 heterocycles. The molecule has 142 valence electrons. The monoisotopic (exact) mass is 368 g/mol. The molecule has 1 N–H and O–H groups in total. The van der Waals surface area contributed by atoms with E-state index in [0.717, 1.165) is 19.3 Å². The third-order valence-corrected chi connectivity index (χ3v) is 5.39. The summed E-state index contributed by atoms with van der Waals surface area (Å²) >= 11 is 0. The minimum Gasteiger partial charge on any atom is -0.497 e. The average molecular weight is 368 g/mol. The highest BCUT2D eigenvalue weighted by molar-refractivity contribution is 5.94. The van der Waals surface area contributed by atoms with Crippen LogP contribution < -0.4 is 10.1 Å². The van der Waals surface area contributed by atoms with Crippen molar-refractivity contribution in [2.45, 2.75) is 30.9 Å². The molecule has 0 aliphatic carbocycles. The van der Waals surface area contributed by atoms with Crippen LogP contribution in [0.3, 0.4) is 0 Å². The molecule has 1 atom stereocenters. The van der Waals surface area contributed by atoms with Crippen LogP contribution in [0, 0.1) is 0 Å². The number of hydrogen-bond acceptors (Lipinski definition) is 6. The Labute approximate surface area is 158 Å². The Kier molecular flexibility index (Phi) is 4.94. The van der Waals surface area contributed by atoms with Crippen LogP contribution in [-0.2, 0) is 4.74 Å². The molecular formula is C20H24N4O3. The van der Waals surface area contributed by atoms with Crippen LogP contribution in [0.5, 0.6) is 5.75 Å². The van der Waals surface area contributed by atoms with Crippen LogP contribution in [0.25, 0.3) is 0 Å². The van der Waals surface area contributed by atoms with E-state index in [9.17, 15) is 4.79 Å². The predicted octanol–water partition coefficient (Wildman–Crippen LogP) is 2.36. The molecule has 0 bridgehead atoms. The molecule has 7 heteroatoms. The van der Waals surface area contributed by atoms with Crippen molar-refractivity contribution in [3.63, 3.8) is 0 Å². The van der Waals surface area contributed by atoms with Crippen LogP contribution in [0.4, 0.5) is 5.95 Å². The average Bonchev–Trinajstić information content (AvgIpc) is 3.11. The summed E-state index contributed by atoms with van der Waals surface area (Å²) in [5.41, 5.74) is 0.510. The summed E-state index contributed by atoms with van der Waals surface area (Å²) in [4.78, 5) is 23.1. The van der Waals surface area contributed by atoms with Gasteiger partial charge in [0.25, 0.3) is 5.91 Å². The number of hydrogen-bond donors (Lipinski definition) is 1. The maximum Gasteiger partial charge on any atom is 0.253 e. The van der Waals surface area contributed by atoms with Crippen molar-refractivity contribution in [1.82, 2.24) is 14.9 Å². The molecule has 0 radical (unpaired) electrons. The first kappa shape index (κ1) is 17.7. The van der Waals surface area contributed by atoms with Crippen molar-refractivity contribution in [1.29, 1.82) is 0 Å². The molecule has 0 saturated carbocycles. The standard InChI is InChI=1S/C20H24N4O3/c1-26-17-5-2-4-15(12-17)18(25)24-10-6-20(7-11-24)13-16(14-27-20)23-19-21-8-3-9-22-19/h2-5,8-9,12,16H,6-7,10-11,13-14H2,1H3,(H,21,22,23). The van der Waals surface area contributed by atoms with Gasteiger partial charge < -0.3 is 19.7 Å². The second kappa shape index (κ2) is 7.52. The Morgan fingerprint density at radius 2 is 2.04 bits per heavy atom. The molecule has 1 aromatic carbocycles. The van der Waals surface area contributed by atoms with Crippen molar-refractivity contribution in [3.8, 4) is 5.75 Å². The summed E-state index contributed by atoms with van der Waals surface area (Å²) in [6, 6.07) is 9.32. The van der Waals surface area contributed by atoms with Gasteiger partial charge in [-0.1, -0.05) is 6.07 Å². The van der Waals surface area contributed by atoms with E-state index in [1.165, 1.54) is 0 Å². The zero-order valence-electron chi connectivity index (χ0n) is 15.4. The number of nitrogens with zero attached hydrogens (tertiary/aromatic N) is 3. The fourth-order valence-corrected chi connectivity index (χ4v) is 3.90. The van der Waals surface area contributed by atoms with Gasteiger partial charge in [0.1, 0.15) is 5.75 Å². The number of piperidine rings is 1. The van der Waals surface area contributed by atoms with E-state index in [0.29, 0.717) is 37.0 Å². The van der Waals surface area contributed by atoms with Crippen LogP contribution in [0.15, 0.2) is 42.7 Å². The molecule has 7 nitrogen and oxygen atoms in total. The number of ether oxygens (including phenoxy) is 2. The van der Waals surface area contributed by atoms with Gasteiger partial charge in [-0.05, 0) is 43.5 Å². The Morgan fingerprint density at radius 1 is 1.26 bits per heavy atom. The minimum atomic E-state index is -0.155. The number of rotatable bonds is 4. The summed E-state index contributed by atoms with van der Waals surface area (Å²) in [6.07, 6.45) is 6.05. The van der Waals surface area contributed by atoms with Crippen LogP contribution >= 0.6 is 0 Å². The SMILES string of the molecule is COc1cccc(C(=O)N2CCC3(CC2)CC(Nc2ncccn2)CO3)c1. The topological polar surface area (TPSA) is 76.6 Å². The van der Waals surface area contributed by atoms with Gasteiger partial charge in [-0.25, -0.2) is 9.97 Å². The lowest BCUT2D eigenvalue weighted by atomic mass is 9.87. The van der Waals surface area contributed by atoms with Gasteiger partial charge in [0, 0.05) is 31.0 Å². The summed E-state index contributed by atoms with van der Waals surface area (Å²) in [5, 5.41) is 3.34. The molecule has 2 aromatic rings. The molecule has 1 spiro atoms. The van der Waals surface area contributed by atoms with Crippen LogP contribution in [-0.4, -0.2) is 59.2 Å². The highest BCUT2D eigenvalue weighted by Gasteiger charge is 2.43. The normalized spacial score (nSPS) is 21.2. The minimum absolute atomic E-state index is 0.0501. The number of methoxy groups -OCH3 is 1. The van der Waals surface area contributed by atoms with Crippen molar-refractivity contribution < 1.29 is 14.3 Å². The van der Waals surface area contributed by atoms with Crippen molar-refractivity contribution in [2.75, 3.05) is 32.1 Å². The van der Waals surface area contributed by atoms with Gasteiger partial charge in [-0.2, -0.15) is 0 Å². The molecule has 2 aliphatic rings. The second-order valence-electron chi connectivity index (χ2n) is 7.14. The molecule has 4 rings (SSSR count). The second-order valence-corrected chi connectivity index (χ2v) is 7.14. The third kappa shape index (κ3) is 3.88. The summed E-state index contributed by atoms with van der Waals surface area (Å²) in [7, 11) is 1.61. The molecule has 1 amide bonds. The summed E-state index contributed by atoms with van der Waals surface area (Å²) in [5.74, 6) is 1.38. The number of carbonyl (C=O) groups excluding carboxylic acids is 1. The van der Waals surface area contributed by atoms with Gasteiger partial charge in [-0.15, -0.1) is 0 Å². The van der Waals surface area contributed by atoms with Crippen molar-refractivity contribution in [2.24, 2.45) is 0 Å². The molecular weight excluding hydrogens is 344 g/mol. The van der Waals surface area contributed by atoms with Crippen LogP contribution in [0.2, 0.25) is 0 Å². The fraction of sp³-hybridized carbons (Fsp3) is 0.450. The quantitative estimate of drug-likeness (QED) is 0.893. The number of aromatic nitrogens is 2. The zero-order valence-corrected chi connectivity index (χ0v) is 15.4. The number of benzene rings is 1. The lowest BCUT2D eigenvalue weighted by molar-refractivity contribution is -0.0388. The molecule has 2 fully saturated rings. The van der Waals surface area contributed by atoms with E-state index < -0.39 is 0 Å². The van der Waals surface area contributed by atoms with E-state index in [4.69, 9.17) is 9.47 Å². The molecule has 2 saturated heterocycles. The molecule has 1 unspecified atom stereocenters. The first-order valence-corrected chi connectivity index (χ1v) is 9.28. The number of carbonyl (C=O) groups is 1. The van der Waals surface area contributed by atoms with E-state index >= 15 is 0 Å². The first-order valence-electron chi connectivity index (χ1n) is 9.28. The van der Waals surface area contributed by atoms with Gasteiger partial charge in [0.15, 0.2) is 0 Å². The Bertz CT molecular complexity index is 791. The van der Waals surface area contributed by atoms with Crippen molar-refractivity contribution in [3.05, 3.63) is 48.3 Å². The first-order chi connectivity index (χ1) is 13.2. The lowest BCUT2D eigenvalue weighted by Crippen LogP contribution is -2.46. The number of anilines is 1. The lowest BCUT2D eigenvalue weighted by Gasteiger charge is -2.38. The molecule has 1 aromatic heterocycles. The van der Waals surface area contributed by atoms with E-state index in [1.807, 2.05) is 23.1 Å². The molecule has 2 aliphatic heterocycles. The maximum absolute atomic E-state index is 12.8. The zero-order chi connectivity index (χ0) is 18.7. The number of likely N-dealkylation sites (tertiary alicyclic amines) is 1. The fourth-order valence-electron chi connectivity index (χ4n) is 3.90. The Morgan fingerprint density at radius 3 is 2.78 bits per heavy atom. The highest BCUT2D eigenvalue weighted by Crippen LogP contribution is 2.37. The smallest absolute Gasteiger partial charge is 0.253 e. The summed E-state index contributed by atoms with van der Waals surface area (Å²) < 4.78 is 11.4. The Balaban J connectivity index is 1.34. The van der Waals surface area contributed by atoms with Gasteiger partial charge >= 0.3 is 0 Å². The van der Waals surface area contributed by atoms with Gasteiger partial charge in [-0.3, -0.25) is 4.79 Å². The highest BCUT2D eigenvalue weighted by atomic mass is 16.5.